The molecule has 1 aromatic carbocycles. The standard InChI is InChI=1S/C13H10Br2ClN/c14-10-5-9(6-11(16)7-10)13(15)8-12-3-1-2-4-17-12/h1-7,13H,8H2. The van der Waals surface area contributed by atoms with Crippen molar-refractivity contribution in [3.63, 3.8) is 0 Å². The normalized spacial score (nSPS) is 12.4. The fourth-order valence-electron chi connectivity index (χ4n) is 1.58. The van der Waals surface area contributed by atoms with Gasteiger partial charge in [-0.15, -0.1) is 0 Å². The van der Waals surface area contributed by atoms with E-state index in [1.54, 1.807) is 0 Å². The van der Waals surface area contributed by atoms with Gasteiger partial charge in [-0.1, -0.05) is 49.5 Å². The van der Waals surface area contributed by atoms with Crippen LogP contribution in [0.5, 0.6) is 0 Å². The fraction of sp³-hybridized carbons (Fsp3) is 0.154. The number of hydrogen-bond donors (Lipinski definition) is 0. The van der Waals surface area contributed by atoms with Crippen LogP contribution in [0.3, 0.4) is 0 Å². The van der Waals surface area contributed by atoms with Crippen LogP contribution in [-0.4, -0.2) is 4.98 Å². The average Bonchev–Trinajstić information content (AvgIpc) is 2.29. The van der Waals surface area contributed by atoms with E-state index in [0.717, 1.165) is 27.2 Å². The molecule has 0 bridgehead atoms. The third kappa shape index (κ3) is 3.80. The second kappa shape index (κ2) is 5.98. The molecule has 0 aliphatic carbocycles. The lowest BCUT2D eigenvalue weighted by Crippen LogP contribution is -1.97. The number of halogens is 3. The van der Waals surface area contributed by atoms with Crippen LogP contribution in [-0.2, 0) is 6.42 Å². The van der Waals surface area contributed by atoms with Crippen LogP contribution >= 0.6 is 43.5 Å². The highest BCUT2D eigenvalue weighted by atomic mass is 79.9. The van der Waals surface area contributed by atoms with Crippen molar-refractivity contribution in [2.45, 2.75) is 11.2 Å². The largest absolute Gasteiger partial charge is 0.261 e. The molecule has 0 saturated carbocycles. The minimum absolute atomic E-state index is 0.215. The molecule has 0 radical (unpaired) electrons. The van der Waals surface area contributed by atoms with Crippen LogP contribution in [0.25, 0.3) is 0 Å². The molecule has 1 heterocycles. The molecule has 1 unspecified atom stereocenters. The van der Waals surface area contributed by atoms with Gasteiger partial charge in [-0.3, -0.25) is 4.98 Å². The Hall–Kier alpha value is -0.380. The molecule has 88 valence electrons. The quantitative estimate of drug-likeness (QED) is 0.674. The average molecular weight is 375 g/mol. The van der Waals surface area contributed by atoms with E-state index in [1.807, 2.05) is 36.5 Å². The molecule has 1 atom stereocenters. The summed E-state index contributed by atoms with van der Waals surface area (Å²) in [4.78, 5) is 4.53. The van der Waals surface area contributed by atoms with Gasteiger partial charge in [0.25, 0.3) is 0 Å². The Bertz CT molecular complexity index is 482. The van der Waals surface area contributed by atoms with Gasteiger partial charge in [0.05, 0.1) is 0 Å². The highest BCUT2D eigenvalue weighted by Gasteiger charge is 2.10. The fourth-order valence-corrected chi connectivity index (χ4v) is 3.06. The van der Waals surface area contributed by atoms with Crippen molar-refractivity contribution in [1.29, 1.82) is 0 Å². The lowest BCUT2D eigenvalue weighted by Gasteiger charge is -2.10. The van der Waals surface area contributed by atoms with Gasteiger partial charge in [-0.2, -0.15) is 0 Å². The highest BCUT2D eigenvalue weighted by molar-refractivity contribution is 9.10. The van der Waals surface area contributed by atoms with Gasteiger partial charge in [0, 0.05) is 32.6 Å². The van der Waals surface area contributed by atoms with Crippen LogP contribution in [0.2, 0.25) is 5.02 Å². The third-order valence-corrected chi connectivity index (χ3v) is 3.89. The van der Waals surface area contributed by atoms with Gasteiger partial charge >= 0.3 is 0 Å². The lowest BCUT2D eigenvalue weighted by molar-refractivity contribution is 0.904. The molecule has 2 rings (SSSR count). The molecular formula is C13H10Br2ClN. The van der Waals surface area contributed by atoms with Crippen molar-refractivity contribution in [1.82, 2.24) is 4.98 Å². The predicted octanol–water partition coefficient (Wildman–Crippen LogP) is 5.18. The van der Waals surface area contributed by atoms with Crippen LogP contribution in [0, 0.1) is 0 Å². The number of alkyl halides is 1. The van der Waals surface area contributed by atoms with Crippen LogP contribution in [0.1, 0.15) is 16.1 Å². The lowest BCUT2D eigenvalue weighted by atomic mass is 10.1. The van der Waals surface area contributed by atoms with E-state index in [0.29, 0.717) is 0 Å². The second-order valence-corrected chi connectivity index (χ2v) is 6.15. The summed E-state index contributed by atoms with van der Waals surface area (Å²) in [5.41, 5.74) is 2.21. The summed E-state index contributed by atoms with van der Waals surface area (Å²) in [6.45, 7) is 0. The number of rotatable bonds is 3. The topological polar surface area (TPSA) is 12.9 Å². The first-order valence-corrected chi connectivity index (χ1v) is 7.24. The van der Waals surface area contributed by atoms with E-state index in [9.17, 15) is 0 Å². The Kier molecular flexibility index (Phi) is 4.60. The Morgan fingerprint density at radius 2 is 2.06 bits per heavy atom. The summed E-state index contributed by atoms with van der Waals surface area (Å²) >= 11 is 13.1. The molecule has 0 aliphatic heterocycles. The van der Waals surface area contributed by atoms with Gasteiger partial charge in [-0.25, -0.2) is 0 Å². The summed E-state index contributed by atoms with van der Waals surface area (Å²) in [7, 11) is 0. The number of nitrogens with zero attached hydrogens (tertiary/aromatic N) is 1. The number of hydrogen-bond acceptors (Lipinski definition) is 1. The zero-order valence-corrected chi connectivity index (χ0v) is 12.8. The molecule has 0 amide bonds. The number of aromatic nitrogens is 1. The molecule has 0 saturated heterocycles. The van der Waals surface area contributed by atoms with Crippen LogP contribution < -0.4 is 0 Å². The third-order valence-electron chi connectivity index (χ3n) is 2.36. The van der Waals surface area contributed by atoms with Gasteiger partial charge in [0.1, 0.15) is 0 Å². The molecule has 1 nitrogen and oxygen atoms in total. The maximum atomic E-state index is 6.03. The van der Waals surface area contributed by atoms with Crippen molar-refractivity contribution in [3.8, 4) is 0 Å². The molecule has 4 heteroatoms. The van der Waals surface area contributed by atoms with Crippen molar-refractivity contribution in [3.05, 3.63) is 63.3 Å². The van der Waals surface area contributed by atoms with E-state index >= 15 is 0 Å². The monoisotopic (exact) mass is 373 g/mol. The maximum Gasteiger partial charge on any atom is 0.0451 e. The zero-order chi connectivity index (χ0) is 12.3. The molecule has 0 spiro atoms. The SMILES string of the molecule is Clc1cc(Br)cc(C(Br)Cc2ccccn2)c1. The summed E-state index contributed by atoms with van der Waals surface area (Å²) in [5, 5.41) is 0.736. The Labute approximate surface area is 122 Å². The van der Waals surface area contributed by atoms with E-state index in [4.69, 9.17) is 11.6 Å². The number of pyridine rings is 1. The molecule has 1 aromatic heterocycles. The maximum absolute atomic E-state index is 6.03. The smallest absolute Gasteiger partial charge is 0.0451 e. The van der Waals surface area contributed by atoms with Gasteiger partial charge < -0.3 is 0 Å². The van der Waals surface area contributed by atoms with Gasteiger partial charge in [0.2, 0.25) is 0 Å². The van der Waals surface area contributed by atoms with E-state index < -0.39 is 0 Å². The Morgan fingerprint density at radius 1 is 1.24 bits per heavy atom. The first-order valence-electron chi connectivity index (χ1n) is 5.15. The highest BCUT2D eigenvalue weighted by Crippen LogP contribution is 2.30. The number of benzene rings is 1. The summed E-state index contributed by atoms with van der Waals surface area (Å²) in [5.74, 6) is 0. The molecular weight excluding hydrogens is 365 g/mol. The molecule has 0 aliphatic rings. The van der Waals surface area contributed by atoms with Crippen molar-refractivity contribution >= 4 is 43.5 Å². The van der Waals surface area contributed by atoms with Crippen LogP contribution in [0.4, 0.5) is 0 Å². The Balaban J connectivity index is 2.17. The first-order chi connectivity index (χ1) is 8.15. The van der Waals surface area contributed by atoms with E-state index in [-0.39, 0.29) is 4.83 Å². The van der Waals surface area contributed by atoms with Gasteiger partial charge in [0.15, 0.2) is 0 Å². The summed E-state index contributed by atoms with van der Waals surface area (Å²) in [6.07, 6.45) is 2.65. The van der Waals surface area contributed by atoms with Crippen LogP contribution in [0.15, 0.2) is 47.1 Å². The predicted molar refractivity (Wildman–Crippen MR) is 78.8 cm³/mol. The van der Waals surface area contributed by atoms with Crippen molar-refractivity contribution in [2.24, 2.45) is 0 Å². The molecule has 0 fully saturated rings. The minimum atomic E-state index is 0.215. The second-order valence-electron chi connectivity index (χ2n) is 3.70. The summed E-state index contributed by atoms with van der Waals surface area (Å²) < 4.78 is 0.991. The van der Waals surface area contributed by atoms with Crippen molar-refractivity contribution in [2.75, 3.05) is 0 Å². The molecule has 0 N–H and O–H groups in total. The zero-order valence-electron chi connectivity index (χ0n) is 8.91. The van der Waals surface area contributed by atoms with Gasteiger partial charge in [-0.05, 0) is 35.9 Å². The minimum Gasteiger partial charge on any atom is -0.261 e. The first kappa shape index (κ1) is 13.1. The van der Waals surface area contributed by atoms with Crippen molar-refractivity contribution < 1.29 is 0 Å². The van der Waals surface area contributed by atoms with E-state index in [1.165, 1.54) is 0 Å². The Morgan fingerprint density at radius 3 is 2.71 bits per heavy atom. The molecule has 17 heavy (non-hydrogen) atoms. The van der Waals surface area contributed by atoms with E-state index in [2.05, 4.69) is 42.9 Å². The molecule has 2 aromatic rings. The summed E-state index contributed by atoms with van der Waals surface area (Å²) in [6, 6.07) is 11.8.